The van der Waals surface area contributed by atoms with Crippen LogP contribution in [-0.4, -0.2) is 120 Å². The van der Waals surface area contributed by atoms with Crippen molar-refractivity contribution in [2.45, 2.75) is 83.9 Å². The van der Waals surface area contributed by atoms with Gasteiger partial charge >= 0.3 is 11.9 Å². The summed E-state index contributed by atoms with van der Waals surface area (Å²) in [6.45, 7) is 1.32. The van der Waals surface area contributed by atoms with Crippen LogP contribution in [0.4, 0.5) is 5.82 Å². The molecule has 0 unspecified atom stereocenters. The molecule has 0 fully saturated rings. The predicted octanol–water partition coefficient (Wildman–Crippen LogP) is 7.32. The zero-order valence-corrected chi connectivity index (χ0v) is 50.2. The van der Waals surface area contributed by atoms with Crippen molar-refractivity contribution >= 4 is 121 Å². The molecule has 8 rings (SSSR count). The molecule has 1 atom stereocenters. The Balaban J connectivity index is 1.05. The van der Waals surface area contributed by atoms with Gasteiger partial charge in [0.25, 0.3) is 17.7 Å². The molecule has 8 N–H and O–H groups in total. The summed E-state index contributed by atoms with van der Waals surface area (Å²) in [4.78, 5) is 137. The van der Waals surface area contributed by atoms with Gasteiger partial charge in [0.2, 0.25) is 17.7 Å². The number of thiazole rings is 6. The van der Waals surface area contributed by atoms with Crippen LogP contribution in [0, 0.1) is 6.92 Å². The highest BCUT2D eigenvalue weighted by Gasteiger charge is 2.29. The third-order valence-corrected chi connectivity index (χ3v) is 17.9. The van der Waals surface area contributed by atoms with E-state index in [0.717, 1.165) is 40.5 Å². The molecule has 7 heterocycles. The summed E-state index contributed by atoms with van der Waals surface area (Å²) in [5.74, 6) is -5.00. The number of pyridine rings is 1. The summed E-state index contributed by atoms with van der Waals surface area (Å²) < 4.78 is 5.22. The number of aryl methyl sites for hydroxylation is 3. The van der Waals surface area contributed by atoms with E-state index in [2.05, 4.69) is 43.4 Å². The van der Waals surface area contributed by atoms with Crippen LogP contribution >= 0.6 is 68.0 Å². The number of methoxy groups -OCH3 is 1. The number of ether oxygens (including phenoxy) is 1. The molecule has 0 spiro atoms. The number of carbonyl (C=O) groups is 8. The molecular formula is C54H55N13O11S6. The Morgan fingerprint density at radius 3 is 2.14 bits per heavy atom. The standard InChI is InChI=1S/C54H55N13O11S6/c1-28-45(49(76)58-22-41-65-47(36(84-41)23-78-3)50(77)57-21-37(55)68)66-54(83-28)32(20-39(69)56-2)61-48(75)34-25-80-51(63-34)30-16-17-31(52-64-38(27-82-52)67(19-9-14-44(73)74)42(70)12-7-8-13-43(71)72)60-46(30)33-24-81-53(62-33)35-26-79-40(59-35)18-15-29-10-5-4-6-11-29/h4-6,10-11,16-17,24-27,32H,7-9,12-15,18-23H2,1-3H3,(H2,55,68)(H,56,69)(H,57,77)(H,58,76)(H,61,75)(H,71,72)(H,73,74)/t32-/m0/s1. The van der Waals surface area contributed by atoms with E-state index >= 15 is 0 Å². The fraction of sp³-hybridized carbons (Fsp3) is 0.315. The molecule has 0 bridgehead atoms. The maximum absolute atomic E-state index is 14.2. The summed E-state index contributed by atoms with van der Waals surface area (Å²) in [5.41, 5.74) is 9.00. The number of nitrogens with two attached hydrogens (primary N) is 1. The van der Waals surface area contributed by atoms with Gasteiger partial charge in [0.1, 0.15) is 65.0 Å². The molecule has 0 aliphatic carbocycles. The van der Waals surface area contributed by atoms with Crippen LogP contribution in [0.1, 0.15) is 113 Å². The zero-order chi connectivity index (χ0) is 59.9. The van der Waals surface area contributed by atoms with Gasteiger partial charge in [-0.2, -0.15) is 0 Å². The molecule has 438 valence electrons. The Bertz CT molecular complexity index is 3680. The van der Waals surface area contributed by atoms with Crippen molar-refractivity contribution in [3.05, 3.63) is 111 Å². The Hall–Kier alpha value is -8.13. The van der Waals surface area contributed by atoms with Crippen molar-refractivity contribution in [1.29, 1.82) is 0 Å². The van der Waals surface area contributed by atoms with Crippen molar-refractivity contribution in [2.24, 2.45) is 5.73 Å². The number of unbranched alkanes of at least 4 members (excludes halogenated alkanes) is 1. The fourth-order valence-electron chi connectivity index (χ4n) is 8.19. The Labute approximate surface area is 504 Å². The van der Waals surface area contributed by atoms with Gasteiger partial charge in [-0.1, -0.05) is 30.3 Å². The molecule has 0 aliphatic heterocycles. The minimum absolute atomic E-state index is 0.0156. The average molecular weight is 1250 g/mol. The van der Waals surface area contributed by atoms with E-state index in [-0.39, 0.29) is 79.8 Å². The number of carboxylic acid groups (broad SMARTS) is 2. The molecule has 1 aromatic carbocycles. The second kappa shape index (κ2) is 29.4. The SMILES string of the molecule is CNC(=O)C[C@H](NC(=O)c1csc(-c2ccc(-c3nc(N(CCCC(=O)O)C(=O)CCCCC(=O)O)cs3)nc2-c2csc(-c3csc(CCc4ccccc4)n3)n2)n1)c1nc(C(=O)NCc2nc(C(=O)NCC(N)=O)c(COC)s2)c(C)s1. The van der Waals surface area contributed by atoms with E-state index in [0.29, 0.717) is 76.8 Å². The molecule has 7 aromatic heterocycles. The summed E-state index contributed by atoms with van der Waals surface area (Å²) in [7, 11) is 2.90. The highest BCUT2D eigenvalue weighted by atomic mass is 32.1. The number of nitrogens with one attached hydrogen (secondary N) is 4. The molecule has 84 heavy (non-hydrogen) atoms. The lowest BCUT2D eigenvalue weighted by atomic mass is 10.1. The van der Waals surface area contributed by atoms with Crippen molar-refractivity contribution in [3.63, 3.8) is 0 Å². The van der Waals surface area contributed by atoms with Gasteiger partial charge in [-0.15, -0.1) is 68.0 Å². The van der Waals surface area contributed by atoms with Crippen LogP contribution in [0.5, 0.6) is 0 Å². The van der Waals surface area contributed by atoms with Gasteiger partial charge in [-0.25, -0.2) is 34.9 Å². The van der Waals surface area contributed by atoms with Crippen LogP contribution in [-0.2, 0) is 54.7 Å². The molecule has 6 amide bonds. The first-order valence-corrected chi connectivity index (χ1v) is 31.0. The number of aliphatic carboxylic acids is 2. The maximum atomic E-state index is 14.2. The largest absolute Gasteiger partial charge is 0.481 e. The number of hydrogen-bond acceptors (Lipinski definition) is 22. The van der Waals surface area contributed by atoms with E-state index in [1.807, 2.05) is 29.0 Å². The number of primary amides is 1. The van der Waals surface area contributed by atoms with Crippen molar-refractivity contribution in [2.75, 3.05) is 32.1 Å². The second-order valence-electron chi connectivity index (χ2n) is 18.4. The monoisotopic (exact) mass is 1250 g/mol. The lowest BCUT2D eigenvalue weighted by molar-refractivity contribution is -0.138. The van der Waals surface area contributed by atoms with Crippen LogP contribution in [0.25, 0.3) is 43.4 Å². The number of carboxylic acids is 2. The number of amides is 6. The summed E-state index contributed by atoms with van der Waals surface area (Å²) in [6.07, 6.45) is 1.90. The topological polar surface area (TPSA) is 354 Å². The first kappa shape index (κ1) is 61.9. The molecule has 24 nitrogen and oxygen atoms in total. The second-order valence-corrected chi connectivity index (χ2v) is 24.4. The summed E-state index contributed by atoms with van der Waals surface area (Å²) in [5, 5.41) is 39.3. The highest BCUT2D eigenvalue weighted by molar-refractivity contribution is 7.15. The third kappa shape index (κ3) is 16.6. The van der Waals surface area contributed by atoms with Crippen LogP contribution < -0.4 is 31.9 Å². The molecule has 0 saturated carbocycles. The van der Waals surface area contributed by atoms with Crippen molar-refractivity contribution < 1.29 is 53.3 Å². The molecular weight excluding hydrogens is 1200 g/mol. The number of anilines is 1. The van der Waals surface area contributed by atoms with E-state index in [1.165, 1.54) is 58.6 Å². The van der Waals surface area contributed by atoms with E-state index < -0.39 is 54.1 Å². The summed E-state index contributed by atoms with van der Waals surface area (Å²) in [6, 6.07) is 12.7. The van der Waals surface area contributed by atoms with Gasteiger partial charge in [-0.3, -0.25) is 43.3 Å². The maximum Gasteiger partial charge on any atom is 0.303 e. The van der Waals surface area contributed by atoms with Crippen LogP contribution in [0.3, 0.4) is 0 Å². The van der Waals surface area contributed by atoms with Gasteiger partial charge in [0.15, 0.2) is 0 Å². The first-order chi connectivity index (χ1) is 40.5. The number of carbonyl (C=O) groups excluding carboxylic acids is 6. The first-order valence-electron chi connectivity index (χ1n) is 25.9. The number of rotatable bonds is 30. The molecule has 0 radical (unpaired) electrons. The van der Waals surface area contributed by atoms with Crippen LogP contribution in [0.15, 0.2) is 64.0 Å². The number of hydrogen-bond donors (Lipinski definition) is 7. The number of aromatic nitrogens is 7. The van der Waals surface area contributed by atoms with E-state index in [9.17, 15) is 43.5 Å². The number of nitrogens with zero attached hydrogens (tertiary/aromatic N) is 8. The Morgan fingerprint density at radius 2 is 1.39 bits per heavy atom. The highest BCUT2D eigenvalue weighted by Crippen LogP contribution is 2.39. The molecule has 8 aromatic rings. The van der Waals surface area contributed by atoms with E-state index in [1.54, 1.807) is 41.2 Å². The fourth-order valence-corrected chi connectivity index (χ4v) is 13.4. The van der Waals surface area contributed by atoms with Gasteiger partial charge in [-0.05, 0) is 50.3 Å². The van der Waals surface area contributed by atoms with Gasteiger partial charge in [0, 0.05) is 78.3 Å². The number of benzene rings is 1. The lowest BCUT2D eigenvalue weighted by Crippen LogP contribution is -2.34. The molecule has 30 heteroatoms. The van der Waals surface area contributed by atoms with Gasteiger partial charge in [0.05, 0.1) is 47.7 Å². The summed E-state index contributed by atoms with van der Waals surface area (Å²) >= 11 is 7.57. The third-order valence-electron chi connectivity index (χ3n) is 12.3. The normalized spacial score (nSPS) is 11.5. The van der Waals surface area contributed by atoms with Gasteiger partial charge < -0.3 is 42.0 Å². The van der Waals surface area contributed by atoms with Crippen molar-refractivity contribution in [1.82, 2.24) is 56.2 Å². The Kier molecular flexibility index (Phi) is 21.7. The minimum Gasteiger partial charge on any atom is -0.481 e. The quantitative estimate of drug-likeness (QED) is 0.0217. The smallest absolute Gasteiger partial charge is 0.303 e. The van der Waals surface area contributed by atoms with Crippen LogP contribution in [0.2, 0.25) is 0 Å². The average Bonchev–Trinajstić information content (AvgIpc) is 4.47. The Morgan fingerprint density at radius 1 is 0.679 bits per heavy atom. The minimum atomic E-state index is -1.01. The van der Waals surface area contributed by atoms with Crippen molar-refractivity contribution in [3.8, 4) is 43.4 Å². The van der Waals surface area contributed by atoms with E-state index in [4.69, 9.17) is 40.5 Å². The lowest BCUT2D eigenvalue weighted by Gasteiger charge is -2.20. The molecule has 0 saturated heterocycles. The predicted molar refractivity (Wildman–Crippen MR) is 319 cm³/mol. The zero-order valence-electron chi connectivity index (χ0n) is 45.3. The molecule has 0 aliphatic rings.